The quantitative estimate of drug-likeness (QED) is 0.160. The number of aliphatic hydroxyl groups excluding tert-OH is 1. The molecule has 2 aromatic carbocycles. The smallest absolute Gasteiger partial charge is 0.274 e. The van der Waals surface area contributed by atoms with Crippen molar-refractivity contribution in [2.24, 2.45) is 0 Å². The van der Waals surface area contributed by atoms with E-state index in [9.17, 15) is 19.5 Å². The van der Waals surface area contributed by atoms with Gasteiger partial charge in [-0.15, -0.1) is 11.3 Å². The highest BCUT2D eigenvalue weighted by Crippen LogP contribution is 2.29. The van der Waals surface area contributed by atoms with Crippen molar-refractivity contribution >= 4 is 39.9 Å². The number of anilines is 2. The van der Waals surface area contributed by atoms with Gasteiger partial charge in [0.2, 0.25) is 5.91 Å². The molecular weight excluding hydrogens is 691 g/mol. The SMILES string of the molecule is CCCCN(CCCC)C(=O)c1cc(C)n(-c2ccc(NC(=O)CCc3csc(N4CCOCC4)n3)cc2C(=O)N2Cc3ccccc3C[C@H]2CO)n1. The van der Waals surface area contributed by atoms with Crippen molar-refractivity contribution in [1.82, 2.24) is 24.6 Å². The maximum absolute atomic E-state index is 14.6. The van der Waals surface area contributed by atoms with Crippen LogP contribution in [0.3, 0.4) is 0 Å². The molecule has 0 radical (unpaired) electrons. The van der Waals surface area contributed by atoms with Crippen molar-refractivity contribution in [3.63, 3.8) is 0 Å². The van der Waals surface area contributed by atoms with Crippen LogP contribution in [-0.4, -0.2) is 99.4 Å². The van der Waals surface area contributed by atoms with Crippen molar-refractivity contribution in [3.05, 3.63) is 87.7 Å². The van der Waals surface area contributed by atoms with Crippen molar-refractivity contribution < 1.29 is 24.2 Å². The summed E-state index contributed by atoms with van der Waals surface area (Å²) in [5, 5.41) is 21.1. The zero-order valence-corrected chi connectivity index (χ0v) is 31.9. The molecule has 0 unspecified atom stereocenters. The second-order valence-electron chi connectivity index (χ2n) is 13.8. The van der Waals surface area contributed by atoms with Gasteiger partial charge in [-0.1, -0.05) is 51.0 Å². The van der Waals surface area contributed by atoms with E-state index >= 15 is 0 Å². The van der Waals surface area contributed by atoms with E-state index in [1.807, 2.05) is 41.5 Å². The predicted molar refractivity (Wildman–Crippen MR) is 207 cm³/mol. The number of thiazole rings is 1. The number of nitrogens with zero attached hydrogens (tertiary/aromatic N) is 6. The fourth-order valence-corrected chi connectivity index (χ4v) is 7.80. The number of aryl methyl sites for hydroxylation is 2. The predicted octanol–water partition coefficient (Wildman–Crippen LogP) is 5.65. The number of morpholine rings is 1. The first-order chi connectivity index (χ1) is 25.8. The summed E-state index contributed by atoms with van der Waals surface area (Å²) in [6, 6.07) is 14.5. The Balaban J connectivity index is 1.27. The Bertz CT molecular complexity index is 1880. The average Bonchev–Trinajstić information content (AvgIpc) is 3.83. The van der Waals surface area contributed by atoms with Gasteiger partial charge in [0.1, 0.15) is 0 Å². The van der Waals surface area contributed by atoms with Crippen molar-refractivity contribution in [3.8, 4) is 5.69 Å². The van der Waals surface area contributed by atoms with E-state index in [1.54, 1.807) is 45.2 Å². The number of carbonyl (C=O) groups excluding carboxylic acids is 3. The molecule has 282 valence electrons. The highest BCUT2D eigenvalue weighted by Gasteiger charge is 2.32. The summed E-state index contributed by atoms with van der Waals surface area (Å²) in [6.45, 7) is 10.5. The lowest BCUT2D eigenvalue weighted by Crippen LogP contribution is -2.46. The summed E-state index contributed by atoms with van der Waals surface area (Å²) in [5.74, 6) is -0.617. The molecule has 0 aliphatic carbocycles. The molecule has 1 atom stereocenters. The van der Waals surface area contributed by atoms with Crippen molar-refractivity contribution in [2.75, 3.05) is 56.2 Å². The van der Waals surface area contributed by atoms with Gasteiger partial charge in [-0.2, -0.15) is 5.10 Å². The number of hydrogen-bond donors (Lipinski definition) is 2. The third kappa shape index (κ3) is 9.14. The Kier molecular flexibility index (Phi) is 12.9. The van der Waals surface area contributed by atoms with Crippen LogP contribution in [0.2, 0.25) is 0 Å². The van der Waals surface area contributed by atoms with E-state index in [4.69, 9.17) is 14.8 Å². The van der Waals surface area contributed by atoms with Crippen LogP contribution in [0.5, 0.6) is 0 Å². The van der Waals surface area contributed by atoms with E-state index < -0.39 is 6.04 Å². The second kappa shape index (κ2) is 18.0. The maximum atomic E-state index is 14.6. The normalized spacial score (nSPS) is 15.7. The maximum Gasteiger partial charge on any atom is 0.274 e. The molecule has 53 heavy (non-hydrogen) atoms. The molecule has 2 aromatic heterocycles. The van der Waals surface area contributed by atoms with E-state index in [1.165, 1.54) is 0 Å². The number of rotatable bonds is 15. The zero-order valence-electron chi connectivity index (χ0n) is 31.1. The molecule has 2 N–H and O–H groups in total. The van der Waals surface area contributed by atoms with Crippen LogP contribution < -0.4 is 10.2 Å². The lowest BCUT2D eigenvalue weighted by molar-refractivity contribution is -0.116. The lowest BCUT2D eigenvalue weighted by atomic mass is 9.93. The van der Waals surface area contributed by atoms with Crippen molar-refractivity contribution in [2.45, 2.75) is 78.3 Å². The molecule has 2 aliphatic heterocycles. The number of unbranched alkanes of at least 4 members (excludes halogenated alkanes) is 2. The Morgan fingerprint density at radius 3 is 2.47 bits per heavy atom. The number of benzene rings is 2. The zero-order chi connectivity index (χ0) is 37.3. The van der Waals surface area contributed by atoms with Gasteiger partial charge in [-0.3, -0.25) is 14.4 Å². The number of nitrogens with one attached hydrogen (secondary N) is 1. The van der Waals surface area contributed by atoms with Crippen LogP contribution in [0.25, 0.3) is 5.69 Å². The third-order valence-corrected chi connectivity index (χ3v) is 10.9. The molecule has 1 fully saturated rings. The van der Waals surface area contributed by atoms with Gasteiger partial charge in [0.05, 0.1) is 42.8 Å². The molecule has 4 aromatic rings. The molecule has 0 bridgehead atoms. The summed E-state index contributed by atoms with van der Waals surface area (Å²) in [6.07, 6.45) is 5.01. The first-order valence-electron chi connectivity index (χ1n) is 18.9. The molecular formula is C40H51N7O5S. The molecule has 1 saturated heterocycles. The first kappa shape index (κ1) is 38.1. The molecule has 0 spiro atoms. The number of hydrogen-bond acceptors (Lipinski definition) is 9. The number of aromatic nitrogens is 3. The van der Waals surface area contributed by atoms with Gasteiger partial charge >= 0.3 is 0 Å². The molecule has 13 heteroatoms. The summed E-state index contributed by atoms with van der Waals surface area (Å²) >= 11 is 1.58. The van der Waals surface area contributed by atoms with Crippen LogP contribution >= 0.6 is 11.3 Å². The van der Waals surface area contributed by atoms with Crippen LogP contribution in [0, 0.1) is 6.92 Å². The number of aliphatic hydroxyl groups is 1. The molecule has 3 amide bonds. The summed E-state index contributed by atoms with van der Waals surface area (Å²) in [7, 11) is 0. The van der Waals surface area contributed by atoms with E-state index in [0.717, 1.165) is 60.7 Å². The first-order valence-corrected chi connectivity index (χ1v) is 19.7. The standard InChI is InChI=1S/C40H51N7O5S/c1-4-6-16-44(17-7-5-2)39(51)35-22-28(3)47(43-35)36-14-12-31(41-37(49)15-13-32-27-53-40(42-32)45-18-20-52-21-19-45)24-34(36)38(50)46-25-30-11-9-8-10-29(30)23-33(46)26-48/h8-12,14,22,24,27,33,48H,4-7,13,15-21,23,25-26H2,1-3H3,(H,41,49)/t33-/m0/s1. The Hall–Kier alpha value is -4.59. The Morgan fingerprint density at radius 2 is 1.75 bits per heavy atom. The van der Waals surface area contributed by atoms with Gasteiger partial charge in [0.15, 0.2) is 10.8 Å². The molecule has 2 aliphatic rings. The fourth-order valence-electron chi connectivity index (χ4n) is 6.89. The van der Waals surface area contributed by atoms with Gasteiger partial charge in [0, 0.05) is 55.9 Å². The largest absolute Gasteiger partial charge is 0.394 e. The fraction of sp³-hybridized carbons (Fsp3) is 0.475. The number of fused-ring (bicyclic) bond motifs is 1. The van der Waals surface area contributed by atoms with Crippen LogP contribution in [0.15, 0.2) is 53.9 Å². The third-order valence-electron chi connectivity index (χ3n) is 9.95. The lowest BCUT2D eigenvalue weighted by Gasteiger charge is -2.36. The van der Waals surface area contributed by atoms with E-state index in [2.05, 4.69) is 24.1 Å². The summed E-state index contributed by atoms with van der Waals surface area (Å²) < 4.78 is 7.10. The van der Waals surface area contributed by atoms with Crippen LogP contribution in [0.1, 0.15) is 89.3 Å². The molecule has 0 saturated carbocycles. The van der Waals surface area contributed by atoms with Crippen LogP contribution in [-0.2, 0) is 28.9 Å². The van der Waals surface area contributed by atoms with Gasteiger partial charge in [-0.05, 0) is 68.0 Å². The minimum Gasteiger partial charge on any atom is -0.394 e. The van der Waals surface area contributed by atoms with Gasteiger partial charge in [-0.25, -0.2) is 9.67 Å². The number of amides is 3. The topological polar surface area (TPSA) is 133 Å². The highest BCUT2D eigenvalue weighted by atomic mass is 32.1. The Labute approximate surface area is 315 Å². The molecule has 12 nitrogen and oxygen atoms in total. The number of ether oxygens (including phenoxy) is 1. The van der Waals surface area contributed by atoms with Gasteiger partial charge < -0.3 is 29.9 Å². The van der Waals surface area contributed by atoms with Crippen molar-refractivity contribution in [1.29, 1.82) is 0 Å². The number of carbonyl (C=O) groups is 3. The minimum absolute atomic E-state index is 0.129. The van der Waals surface area contributed by atoms with Gasteiger partial charge in [0.25, 0.3) is 11.8 Å². The monoisotopic (exact) mass is 741 g/mol. The molecule has 6 rings (SSSR count). The summed E-state index contributed by atoms with van der Waals surface area (Å²) in [5.41, 5.74) is 5.30. The minimum atomic E-state index is -0.425. The molecule has 4 heterocycles. The highest BCUT2D eigenvalue weighted by molar-refractivity contribution is 7.13. The van der Waals surface area contributed by atoms with E-state index in [0.29, 0.717) is 74.0 Å². The second-order valence-corrected chi connectivity index (χ2v) is 14.7. The van der Waals surface area contributed by atoms with E-state index in [-0.39, 0.29) is 30.7 Å². The average molecular weight is 742 g/mol. The summed E-state index contributed by atoms with van der Waals surface area (Å²) in [4.78, 5) is 52.1. The van der Waals surface area contributed by atoms with Crippen LogP contribution in [0.4, 0.5) is 10.8 Å². The Morgan fingerprint density at radius 1 is 1.02 bits per heavy atom.